The molecular weight excluding hydrogens is 294 g/mol. The van der Waals surface area contributed by atoms with Gasteiger partial charge in [0.2, 0.25) is 10.0 Å². The van der Waals surface area contributed by atoms with Crippen LogP contribution in [0.3, 0.4) is 0 Å². The van der Waals surface area contributed by atoms with Crippen LogP contribution in [0.5, 0.6) is 0 Å². The van der Waals surface area contributed by atoms with Crippen molar-refractivity contribution in [3.63, 3.8) is 0 Å². The number of nitrogens with one attached hydrogen (secondary N) is 1. The highest BCUT2D eigenvalue weighted by Crippen LogP contribution is 2.29. The van der Waals surface area contributed by atoms with Gasteiger partial charge in [-0.25, -0.2) is 13.1 Å². The van der Waals surface area contributed by atoms with Gasteiger partial charge in [-0.2, -0.15) is 0 Å². The predicted molar refractivity (Wildman–Crippen MR) is 81.4 cm³/mol. The number of aliphatic hydroxyl groups excluding tert-OH is 1. The maximum atomic E-state index is 12.3. The van der Waals surface area contributed by atoms with Crippen LogP contribution in [-0.2, 0) is 16.6 Å². The molecule has 1 heterocycles. The zero-order valence-corrected chi connectivity index (χ0v) is 13.5. The van der Waals surface area contributed by atoms with E-state index in [1.807, 2.05) is 0 Å². The fourth-order valence-electron chi connectivity index (χ4n) is 2.93. The van der Waals surface area contributed by atoms with Crippen molar-refractivity contribution < 1.29 is 13.5 Å². The van der Waals surface area contributed by atoms with Gasteiger partial charge in [0.1, 0.15) is 4.90 Å². The Bertz CT molecular complexity index is 531. The first kappa shape index (κ1) is 15.9. The summed E-state index contributed by atoms with van der Waals surface area (Å²) in [6, 6.07) is 0. The van der Waals surface area contributed by atoms with Crippen molar-refractivity contribution in [2.75, 3.05) is 6.54 Å². The summed E-state index contributed by atoms with van der Waals surface area (Å²) in [6.07, 6.45) is 7.24. The summed E-state index contributed by atoms with van der Waals surface area (Å²) in [7, 11) is -3.49. The summed E-state index contributed by atoms with van der Waals surface area (Å²) in [5, 5.41) is 11.0. The molecule has 0 spiro atoms. The number of aryl methyl sites for hydroxylation is 1. The summed E-state index contributed by atoms with van der Waals surface area (Å²) in [5.41, 5.74) is 0.711. The van der Waals surface area contributed by atoms with E-state index in [-0.39, 0.29) is 11.5 Å². The molecule has 0 aromatic carbocycles. The fourth-order valence-corrected chi connectivity index (χ4v) is 5.66. The van der Waals surface area contributed by atoms with E-state index < -0.39 is 10.0 Å². The van der Waals surface area contributed by atoms with Crippen molar-refractivity contribution in [1.82, 2.24) is 4.72 Å². The number of hydrogen-bond donors (Lipinski definition) is 2. The Labute approximate surface area is 125 Å². The second-order valence-electron chi connectivity index (χ2n) is 5.52. The first-order valence-electron chi connectivity index (χ1n) is 7.22. The molecule has 2 N–H and O–H groups in total. The maximum absolute atomic E-state index is 12.3. The topological polar surface area (TPSA) is 66.4 Å². The van der Waals surface area contributed by atoms with Crippen LogP contribution in [0.1, 0.15) is 49.0 Å². The Morgan fingerprint density at radius 1 is 1.40 bits per heavy atom. The molecule has 114 valence electrons. The maximum Gasteiger partial charge on any atom is 0.242 e. The van der Waals surface area contributed by atoms with Crippen LogP contribution < -0.4 is 4.72 Å². The predicted octanol–water partition coefficient (Wildman–Crippen LogP) is 2.80. The monoisotopic (exact) mass is 317 g/mol. The minimum atomic E-state index is -3.49. The number of hydrogen-bond acceptors (Lipinski definition) is 4. The number of thiophene rings is 1. The van der Waals surface area contributed by atoms with Crippen molar-refractivity contribution >= 4 is 21.4 Å². The molecule has 0 aliphatic heterocycles. The third kappa shape index (κ3) is 3.81. The summed E-state index contributed by atoms with van der Waals surface area (Å²) in [6.45, 7) is 2.03. The molecule has 0 bridgehead atoms. The Kier molecular flexibility index (Phi) is 5.60. The standard InChI is InChI=1S/C14H23NO3S2/c1-11-10-19-13(9-16)14(11)20(17,18)15-8-4-7-12-5-2-3-6-12/h10,12,15-16H,2-9H2,1H3. The molecule has 1 aliphatic rings. The van der Waals surface area contributed by atoms with Gasteiger partial charge in [-0.05, 0) is 36.6 Å². The molecular formula is C14H23NO3S2. The minimum absolute atomic E-state index is 0.225. The SMILES string of the molecule is Cc1csc(CO)c1S(=O)(=O)NCCCC1CCCC1. The van der Waals surface area contributed by atoms with Crippen LogP contribution in [0.25, 0.3) is 0 Å². The summed E-state index contributed by atoms with van der Waals surface area (Å²) >= 11 is 1.29. The van der Waals surface area contributed by atoms with Crippen molar-refractivity contribution in [2.45, 2.75) is 57.0 Å². The van der Waals surface area contributed by atoms with E-state index in [1.165, 1.54) is 37.0 Å². The molecule has 6 heteroatoms. The van der Waals surface area contributed by atoms with Crippen LogP contribution in [0, 0.1) is 12.8 Å². The highest BCUT2D eigenvalue weighted by molar-refractivity contribution is 7.89. The Balaban J connectivity index is 1.88. The van der Waals surface area contributed by atoms with E-state index in [9.17, 15) is 13.5 Å². The van der Waals surface area contributed by atoms with E-state index in [0.29, 0.717) is 17.0 Å². The van der Waals surface area contributed by atoms with E-state index in [1.54, 1.807) is 12.3 Å². The number of aliphatic hydroxyl groups is 1. The zero-order chi connectivity index (χ0) is 14.6. The van der Waals surface area contributed by atoms with Crippen molar-refractivity contribution in [1.29, 1.82) is 0 Å². The van der Waals surface area contributed by atoms with Crippen LogP contribution in [0.15, 0.2) is 10.3 Å². The molecule has 1 aromatic rings. The summed E-state index contributed by atoms with van der Waals surface area (Å²) in [5.74, 6) is 0.787. The molecule has 1 aromatic heterocycles. The third-order valence-corrected chi connectivity index (χ3v) is 6.87. The van der Waals surface area contributed by atoms with Gasteiger partial charge in [-0.3, -0.25) is 0 Å². The number of rotatable bonds is 7. The lowest BCUT2D eigenvalue weighted by molar-refractivity contribution is 0.282. The molecule has 0 unspecified atom stereocenters. The van der Waals surface area contributed by atoms with E-state index in [4.69, 9.17) is 0 Å². The second kappa shape index (κ2) is 7.02. The van der Waals surface area contributed by atoms with Gasteiger partial charge in [0.05, 0.1) is 11.5 Å². The van der Waals surface area contributed by atoms with Gasteiger partial charge in [-0.1, -0.05) is 25.7 Å². The van der Waals surface area contributed by atoms with Crippen molar-refractivity contribution in [3.05, 3.63) is 15.8 Å². The highest BCUT2D eigenvalue weighted by atomic mass is 32.2. The average molecular weight is 317 g/mol. The van der Waals surface area contributed by atoms with Crippen LogP contribution in [-0.4, -0.2) is 20.1 Å². The van der Waals surface area contributed by atoms with Gasteiger partial charge in [0.25, 0.3) is 0 Å². The Morgan fingerprint density at radius 2 is 2.10 bits per heavy atom. The molecule has 1 aliphatic carbocycles. The normalized spacial score (nSPS) is 16.9. The molecule has 20 heavy (non-hydrogen) atoms. The second-order valence-corrected chi connectivity index (χ2v) is 8.19. The zero-order valence-electron chi connectivity index (χ0n) is 11.9. The Morgan fingerprint density at radius 3 is 2.75 bits per heavy atom. The quantitative estimate of drug-likeness (QED) is 0.760. The fraction of sp³-hybridized carbons (Fsp3) is 0.714. The largest absolute Gasteiger partial charge is 0.391 e. The number of sulfonamides is 1. The molecule has 0 atom stereocenters. The van der Waals surface area contributed by atoms with Gasteiger partial charge in [0, 0.05) is 6.54 Å². The van der Waals surface area contributed by atoms with Crippen LogP contribution >= 0.6 is 11.3 Å². The molecule has 1 fully saturated rings. The highest BCUT2D eigenvalue weighted by Gasteiger charge is 2.22. The lowest BCUT2D eigenvalue weighted by atomic mass is 10.0. The van der Waals surface area contributed by atoms with Crippen LogP contribution in [0.4, 0.5) is 0 Å². The van der Waals surface area contributed by atoms with E-state index in [0.717, 1.165) is 18.8 Å². The Hall–Kier alpha value is -0.430. The van der Waals surface area contributed by atoms with E-state index in [2.05, 4.69) is 4.72 Å². The molecule has 4 nitrogen and oxygen atoms in total. The minimum Gasteiger partial charge on any atom is -0.391 e. The molecule has 0 radical (unpaired) electrons. The summed E-state index contributed by atoms with van der Waals surface area (Å²) in [4.78, 5) is 0.789. The molecule has 0 amide bonds. The van der Waals surface area contributed by atoms with Gasteiger partial charge < -0.3 is 5.11 Å². The van der Waals surface area contributed by atoms with E-state index >= 15 is 0 Å². The lowest BCUT2D eigenvalue weighted by Gasteiger charge is -2.10. The summed E-state index contributed by atoms with van der Waals surface area (Å²) < 4.78 is 27.2. The molecule has 2 rings (SSSR count). The van der Waals surface area contributed by atoms with Crippen LogP contribution in [0.2, 0.25) is 0 Å². The van der Waals surface area contributed by atoms with Gasteiger partial charge in [0.15, 0.2) is 0 Å². The average Bonchev–Trinajstić information content (AvgIpc) is 3.03. The van der Waals surface area contributed by atoms with Crippen molar-refractivity contribution in [3.8, 4) is 0 Å². The first-order valence-corrected chi connectivity index (χ1v) is 9.58. The van der Waals surface area contributed by atoms with Gasteiger partial charge >= 0.3 is 0 Å². The van der Waals surface area contributed by atoms with Crippen molar-refractivity contribution in [2.24, 2.45) is 5.92 Å². The third-order valence-electron chi connectivity index (χ3n) is 3.96. The molecule has 0 saturated heterocycles. The van der Waals surface area contributed by atoms with Gasteiger partial charge in [-0.15, -0.1) is 11.3 Å². The lowest BCUT2D eigenvalue weighted by Crippen LogP contribution is -2.26. The smallest absolute Gasteiger partial charge is 0.242 e. The first-order chi connectivity index (χ1) is 9.54. The molecule has 1 saturated carbocycles.